The van der Waals surface area contributed by atoms with Crippen molar-refractivity contribution >= 4 is 5.91 Å². The van der Waals surface area contributed by atoms with Gasteiger partial charge < -0.3 is 14.4 Å². The van der Waals surface area contributed by atoms with Gasteiger partial charge in [0.15, 0.2) is 0 Å². The van der Waals surface area contributed by atoms with Crippen LogP contribution in [0, 0.1) is 0 Å². The van der Waals surface area contributed by atoms with Gasteiger partial charge in [0.25, 0.3) is 5.91 Å². The number of methoxy groups -OCH3 is 2. The van der Waals surface area contributed by atoms with Crippen molar-refractivity contribution in [3.63, 3.8) is 0 Å². The van der Waals surface area contributed by atoms with E-state index >= 15 is 0 Å². The number of rotatable bonds is 4. The van der Waals surface area contributed by atoms with Gasteiger partial charge in [-0.2, -0.15) is 15.0 Å². The summed E-state index contributed by atoms with van der Waals surface area (Å²) in [7, 11) is 3.14. The highest BCUT2D eigenvalue weighted by Crippen LogP contribution is 2.28. The second-order valence-corrected chi connectivity index (χ2v) is 5.44. The Morgan fingerprint density at radius 1 is 1.13 bits per heavy atom. The number of nitrogens with zero attached hydrogens (tertiary/aromatic N) is 4. The Morgan fingerprint density at radius 2 is 1.83 bits per heavy atom. The molecule has 23 heavy (non-hydrogen) atoms. The van der Waals surface area contributed by atoms with E-state index in [0.29, 0.717) is 30.2 Å². The van der Waals surface area contributed by atoms with E-state index in [1.807, 2.05) is 4.90 Å². The number of piperidine rings is 1. The van der Waals surface area contributed by atoms with Gasteiger partial charge in [-0.05, 0) is 25.0 Å². The molecule has 0 bridgehead atoms. The molecule has 0 spiro atoms. The van der Waals surface area contributed by atoms with Gasteiger partial charge in [-0.3, -0.25) is 4.79 Å². The first kappa shape index (κ1) is 15.3. The Labute approximate surface area is 134 Å². The lowest BCUT2D eigenvalue weighted by Gasteiger charge is -2.31. The quantitative estimate of drug-likeness (QED) is 0.860. The second kappa shape index (κ2) is 6.68. The monoisotopic (exact) mass is 316 g/mol. The normalized spacial score (nSPS) is 15.5. The molecule has 3 rings (SSSR count). The van der Waals surface area contributed by atoms with Crippen molar-refractivity contribution in [2.24, 2.45) is 0 Å². The zero-order valence-electron chi connectivity index (χ0n) is 13.3. The number of benzene rings is 1. The molecule has 1 aliphatic rings. The Morgan fingerprint density at radius 3 is 2.43 bits per heavy atom. The largest absolute Gasteiger partial charge is 0.497 e. The molecule has 1 fully saturated rings. The van der Waals surface area contributed by atoms with E-state index in [1.165, 1.54) is 0 Å². The first-order chi connectivity index (χ1) is 11.2. The molecule has 7 heteroatoms. The maximum absolute atomic E-state index is 12.7. The van der Waals surface area contributed by atoms with Crippen molar-refractivity contribution in [2.75, 3.05) is 27.3 Å². The topological polar surface area (TPSA) is 69.5 Å². The second-order valence-electron chi connectivity index (χ2n) is 5.44. The fraction of sp³-hybridized carbons (Fsp3) is 0.438. The van der Waals surface area contributed by atoms with Crippen LogP contribution in [0.3, 0.4) is 0 Å². The molecule has 0 radical (unpaired) electrons. The molecule has 2 aromatic rings. The lowest BCUT2D eigenvalue weighted by Crippen LogP contribution is -2.39. The van der Waals surface area contributed by atoms with E-state index in [0.717, 1.165) is 12.8 Å². The zero-order chi connectivity index (χ0) is 16.2. The number of aromatic nitrogens is 3. The average Bonchev–Trinajstić information content (AvgIpc) is 3.15. The van der Waals surface area contributed by atoms with Crippen molar-refractivity contribution in [1.82, 2.24) is 19.9 Å². The van der Waals surface area contributed by atoms with E-state index in [9.17, 15) is 4.79 Å². The van der Waals surface area contributed by atoms with Crippen LogP contribution in [0.2, 0.25) is 0 Å². The van der Waals surface area contributed by atoms with E-state index in [4.69, 9.17) is 9.47 Å². The van der Waals surface area contributed by atoms with Crippen LogP contribution in [0.4, 0.5) is 0 Å². The van der Waals surface area contributed by atoms with Crippen molar-refractivity contribution in [2.45, 2.75) is 18.9 Å². The Hall–Kier alpha value is -2.57. The highest BCUT2D eigenvalue weighted by Gasteiger charge is 2.27. The predicted molar refractivity (Wildman–Crippen MR) is 83.7 cm³/mol. The van der Waals surface area contributed by atoms with E-state index in [2.05, 4.69) is 10.2 Å². The van der Waals surface area contributed by atoms with Crippen LogP contribution in [-0.4, -0.2) is 53.1 Å². The van der Waals surface area contributed by atoms with Crippen molar-refractivity contribution < 1.29 is 14.3 Å². The third-order valence-electron chi connectivity index (χ3n) is 4.15. The molecule has 0 atom stereocenters. The number of hydrogen-bond donors (Lipinski definition) is 0. The molecule has 1 amide bonds. The molecule has 0 saturated carbocycles. The molecule has 2 heterocycles. The molecule has 1 aromatic carbocycles. The van der Waals surface area contributed by atoms with Gasteiger partial charge in [-0.1, -0.05) is 0 Å². The van der Waals surface area contributed by atoms with E-state index in [1.54, 1.807) is 49.6 Å². The molecule has 7 nitrogen and oxygen atoms in total. The molecule has 0 unspecified atom stereocenters. The molecule has 0 N–H and O–H groups in total. The molecule has 1 aliphatic heterocycles. The summed E-state index contributed by atoms with van der Waals surface area (Å²) >= 11 is 0. The minimum atomic E-state index is -0.0172. The fourth-order valence-corrected chi connectivity index (χ4v) is 2.86. The third-order valence-corrected chi connectivity index (χ3v) is 4.15. The number of likely N-dealkylation sites (tertiary alicyclic amines) is 1. The summed E-state index contributed by atoms with van der Waals surface area (Å²) in [6, 6.07) is 5.51. The zero-order valence-corrected chi connectivity index (χ0v) is 13.3. The van der Waals surface area contributed by atoms with Crippen LogP contribution in [0.15, 0.2) is 30.6 Å². The minimum Gasteiger partial charge on any atom is -0.497 e. The number of ether oxygens (including phenoxy) is 2. The van der Waals surface area contributed by atoms with Gasteiger partial charge >= 0.3 is 0 Å². The van der Waals surface area contributed by atoms with Gasteiger partial charge in [-0.25, -0.2) is 0 Å². The highest BCUT2D eigenvalue weighted by atomic mass is 16.5. The fourth-order valence-electron chi connectivity index (χ4n) is 2.86. The number of carbonyl (C=O) groups is 1. The van der Waals surface area contributed by atoms with Gasteiger partial charge in [0.2, 0.25) is 0 Å². The van der Waals surface area contributed by atoms with Crippen LogP contribution in [-0.2, 0) is 0 Å². The van der Waals surface area contributed by atoms with E-state index < -0.39 is 0 Å². The van der Waals surface area contributed by atoms with Crippen molar-refractivity contribution in [3.05, 3.63) is 36.2 Å². The Kier molecular flexibility index (Phi) is 4.45. The molecular formula is C16H20N4O3. The highest BCUT2D eigenvalue weighted by molar-refractivity contribution is 5.97. The van der Waals surface area contributed by atoms with Crippen LogP contribution in [0.1, 0.15) is 29.2 Å². The minimum absolute atomic E-state index is 0.0172. The Balaban J connectivity index is 1.70. The number of amides is 1. The third kappa shape index (κ3) is 3.13. The lowest BCUT2D eigenvalue weighted by atomic mass is 10.0. The average molecular weight is 316 g/mol. The summed E-state index contributed by atoms with van der Waals surface area (Å²) < 4.78 is 10.5. The molecular weight excluding hydrogens is 296 g/mol. The van der Waals surface area contributed by atoms with Crippen LogP contribution >= 0.6 is 0 Å². The Bertz CT molecular complexity index is 664. The molecule has 0 aliphatic carbocycles. The van der Waals surface area contributed by atoms with Gasteiger partial charge in [-0.15, -0.1) is 0 Å². The molecule has 1 aromatic heterocycles. The number of carbonyl (C=O) groups excluding carboxylic acids is 1. The van der Waals surface area contributed by atoms with Gasteiger partial charge in [0, 0.05) is 19.2 Å². The van der Waals surface area contributed by atoms with E-state index in [-0.39, 0.29) is 11.9 Å². The van der Waals surface area contributed by atoms with Crippen molar-refractivity contribution in [1.29, 1.82) is 0 Å². The van der Waals surface area contributed by atoms with Crippen LogP contribution in [0.25, 0.3) is 0 Å². The first-order valence-electron chi connectivity index (χ1n) is 7.60. The summed E-state index contributed by atoms with van der Waals surface area (Å²) in [6.07, 6.45) is 5.05. The van der Waals surface area contributed by atoms with Crippen LogP contribution < -0.4 is 9.47 Å². The summed E-state index contributed by atoms with van der Waals surface area (Å²) in [4.78, 5) is 16.3. The first-order valence-corrected chi connectivity index (χ1v) is 7.60. The standard InChI is InChI=1S/C16H20N4O3/c1-22-13-3-4-14(15(11-13)23-2)16(21)19-9-5-12(6-10-19)20-17-7-8-18-20/h3-4,7-8,11-12H,5-6,9-10H2,1-2H3. The van der Waals surface area contributed by atoms with Crippen LogP contribution in [0.5, 0.6) is 11.5 Å². The summed E-state index contributed by atoms with van der Waals surface area (Å²) in [5.74, 6) is 1.18. The van der Waals surface area contributed by atoms with Gasteiger partial charge in [0.1, 0.15) is 11.5 Å². The summed E-state index contributed by atoms with van der Waals surface area (Å²) in [6.45, 7) is 1.36. The molecule has 122 valence electrons. The smallest absolute Gasteiger partial charge is 0.257 e. The predicted octanol–water partition coefficient (Wildman–Crippen LogP) is 1.77. The summed E-state index contributed by atoms with van der Waals surface area (Å²) in [5.41, 5.74) is 0.559. The van der Waals surface area contributed by atoms with Crippen molar-refractivity contribution in [3.8, 4) is 11.5 Å². The lowest BCUT2D eigenvalue weighted by molar-refractivity contribution is 0.0680. The maximum atomic E-state index is 12.7. The summed E-state index contributed by atoms with van der Waals surface area (Å²) in [5, 5.41) is 8.37. The SMILES string of the molecule is COc1ccc(C(=O)N2CCC(n3nccn3)CC2)c(OC)c1. The maximum Gasteiger partial charge on any atom is 0.257 e. The number of hydrogen-bond acceptors (Lipinski definition) is 5. The van der Waals surface area contributed by atoms with Gasteiger partial charge in [0.05, 0.1) is 38.2 Å². The molecule has 1 saturated heterocycles.